The van der Waals surface area contributed by atoms with Crippen LogP contribution in [0.4, 0.5) is 0 Å². The van der Waals surface area contributed by atoms with Crippen LogP contribution < -0.4 is 4.74 Å². The Morgan fingerprint density at radius 1 is 1.00 bits per heavy atom. The molecule has 6 heteroatoms. The Kier molecular flexibility index (Phi) is 6.21. The molecule has 2 aromatic carbocycles. The molecule has 0 amide bonds. The summed E-state index contributed by atoms with van der Waals surface area (Å²) < 4.78 is 5.40. The van der Waals surface area contributed by atoms with E-state index in [-0.39, 0.29) is 51.0 Å². The first-order valence-electron chi connectivity index (χ1n) is 8.36. The monoisotopic (exact) mass is 419 g/mol. The van der Waals surface area contributed by atoms with E-state index in [1.54, 1.807) is 24.3 Å². The highest BCUT2D eigenvalue weighted by Gasteiger charge is 2.34. The fraction of sp³-hybridized carbons (Fsp3) is 0.300. The van der Waals surface area contributed by atoms with Crippen molar-refractivity contribution in [2.24, 2.45) is 0 Å². The lowest BCUT2D eigenvalue weighted by Gasteiger charge is -2.23. The molecule has 0 heterocycles. The van der Waals surface area contributed by atoms with Crippen molar-refractivity contribution in [2.45, 2.75) is 20.4 Å². The zero-order valence-corrected chi connectivity index (χ0v) is 16.7. The van der Waals surface area contributed by atoms with Gasteiger partial charge in [-0.3, -0.25) is 14.5 Å². The minimum atomic E-state index is -0.381. The van der Waals surface area contributed by atoms with Gasteiger partial charge in [0.15, 0.2) is 5.78 Å². The fourth-order valence-corrected chi connectivity index (χ4v) is 3.28. The molecular formula is C20H22BrNO4. The van der Waals surface area contributed by atoms with Crippen molar-refractivity contribution < 1.29 is 19.4 Å². The molecule has 0 atom stereocenters. The highest BCUT2D eigenvalue weighted by Crippen LogP contribution is 2.37. The van der Waals surface area contributed by atoms with Crippen LogP contribution in [0.1, 0.15) is 51.3 Å². The van der Waals surface area contributed by atoms with Crippen LogP contribution in [0.3, 0.4) is 0 Å². The molecule has 1 aliphatic carbocycles. The van der Waals surface area contributed by atoms with Crippen molar-refractivity contribution in [2.75, 3.05) is 20.2 Å². The second-order valence-electron chi connectivity index (χ2n) is 6.04. The summed E-state index contributed by atoms with van der Waals surface area (Å²) in [6.45, 7) is 6.60. The Labute approximate surface area is 163 Å². The number of ketones is 2. The summed E-state index contributed by atoms with van der Waals surface area (Å²) in [5.74, 6) is -0.461. The van der Waals surface area contributed by atoms with Gasteiger partial charge in [0.05, 0.1) is 18.2 Å². The molecule has 1 aliphatic rings. The number of aromatic hydroxyl groups is 1. The van der Waals surface area contributed by atoms with Gasteiger partial charge in [-0.2, -0.15) is 0 Å². The molecule has 0 saturated heterocycles. The van der Waals surface area contributed by atoms with E-state index in [9.17, 15) is 14.7 Å². The van der Waals surface area contributed by atoms with Gasteiger partial charge in [0.1, 0.15) is 11.5 Å². The number of methoxy groups -OCH3 is 1. The number of phenolic OH excluding ortho intramolecular Hbond substituents is 1. The number of ether oxygens (including phenoxy) is 1. The Bertz CT molecular complexity index is 859. The molecule has 0 radical (unpaired) electrons. The number of carbonyl (C=O) groups is 2. The summed E-state index contributed by atoms with van der Waals surface area (Å²) in [4.78, 5) is 28.0. The summed E-state index contributed by atoms with van der Waals surface area (Å²) in [6, 6.07) is 8.12. The van der Waals surface area contributed by atoms with E-state index in [2.05, 4.69) is 18.7 Å². The first-order valence-corrected chi connectivity index (χ1v) is 8.36. The summed E-state index contributed by atoms with van der Waals surface area (Å²) in [5, 5.41) is 10.1. The SMILES string of the molecule is Br.CCN(CC)Cc1cc(OC)c2c(c1)C(=O)c1cccc(O)c1C2=O. The molecule has 0 fully saturated rings. The average molecular weight is 420 g/mol. The first kappa shape index (κ1) is 20.1. The molecule has 0 unspecified atom stereocenters. The highest BCUT2D eigenvalue weighted by atomic mass is 79.9. The minimum Gasteiger partial charge on any atom is -0.507 e. The van der Waals surface area contributed by atoms with Crippen molar-refractivity contribution in [3.8, 4) is 11.5 Å². The van der Waals surface area contributed by atoms with E-state index in [0.717, 1.165) is 18.7 Å². The standard InChI is InChI=1S/C20H21NO4.BrH/c1-4-21(5-2)11-12-9-14-18(16(10-12)25-3)20(24)17-13(19(14)23)7-6-8-15(17)22;/h6-10,22H,4-5,11H2,1-3H3;1H. The quantitative estimate of drug-likeness (QED) is 0.684. The second-order valence-corrected chi connectivity index (χ2v) is 6.04. The van der Waals surface area contributed by atoms with Gasteiger partial charge >= 0.3 is 0 Å². The number of hydrogen-bond acceptors (Lipinski definition) is 5. The Morgan fingerprint density at radius 2 is 1.69 bits per heavy atom. The number of fused-ring (bicyclic) bond motifs is 2. The lowest BCUT2D eigenvalue weighted by molar-refractivity contribution is 0.0974. The summed E-state index contributed by atoms with van der Waals surface area (Å²) >= 11 is 0. The van der Waals surface area contributed by atoms with Gasteiger partial charge in [-0.05, 0) is 36.9 Å². The van der Waals surface area contributed by atoms with Gasteiger partial charge in [-0.1, -0.05) is 26.0 Å². The van der Waals surface area contributed by atoms with Crippen molar-refractivity contribution in [3.05, 3.63) is 58.1 Å². The lowest BCUT2D eigenvalue weighted by Crippen LogP contribution is -2.25. The molecule has 26 heavy (non-hydrogen) atoms. The molecule has 5 nitrogen and oxygen atoms in total. The Balaban J connectivity index is 0.00000243. The van der Waals surface area contributed by atoms with Crippen molar-refractivity contribution in [3.63, 3.8) is 0 Å². The number of rotatable bonds is 5. The molecule has 0 aliphatic heterocycles. The highest BCUT2D eigenvalue weighted by molar-refractivity contribution is 8.93. The maximum Gasteiger partial charge on any atom is 0.201 e. The average Bonchev–Trinajstić information content (AvgIpc) is 2.63. The van der Waals surface area contributed by atoms with Crippen LogP contribution in [-0.2, 0) is 6.54 Å². The van der Waals surface area contributed by atoms with Crippen LogP contribution in [0.5, 0.6) is 11.5 Å². The van der Waals surface area contributed by atoms with E-state index in [1.807, 2.05) is 0 Å². The van der Waals surface area contributed by atoms with Gasteiger partial charge in [0.2, 0.25) is 5.78 Å². The summed E-state index contributed by atoms with van der Waals surface area (Å²) in [5.41, 5.74) is 1.77. The number of nitrogens with zero attached hydrogens (tertiary/aromatic N) is 1. The number of phenols is 1. The van der Waals surface area contributed by atoms with Crippen LogP contribution >= 0.6 is 17.0 Å². The zero-order valence-electron chi connectivity index (χ0n) is 15.0. The normalized spacial score (nSPS) is 12.5. The zero-order chi connectivity index (χ0) is 18.1. The van der Waals surface area contributed by atoms with Crippen molar-refractivity contribution in [1.29, 1.82) is 0 Å². The van der Waals surface area contributed by atoms with E-state index in [0.29, 0.717) is 17.9 Å². The molecule has 1 N–H and O–H groups in total. The molecule has 0 spiro atoms. The number of hydrogen-bond donors (Lipinski definition) is 1. The molecule has 138 valence electrons. The van der Waals surface area contributed by atoms with Gasteiger partial charge in [-0.15, -0.1) is 17.0 Å². The number of halogens is 1. The minimum absolute atomic E-state index is 0. The molecule has 3 rings (SSSR count). The molecule has 0 saturated carbocycles. The second kappa shape index (κ2) is 8.01. The van der Waals surface area contributed by atoms with Crippen LogP contribution in [0.2, 0.25) is 0 Å². The van der Waals surface area contributed by atoms with Gasteiger partial charge in [0, 0.05) is 17.7 Å². The smallest absolute Gasteiger partial charge is 0.201 e. The van der Waals surface area contributed by atoms with Gasteiger partial charge in [0.25, 0.3) is 0 Å². The van der Waals surface area contributed by atoms with E-state index < -0.39 is 0 Å². The number of benzene rings is 2. The Hall–Kier alpha value is -2.18. The van der Waals surface area contributed by atoms with Crippen molar-refractivity contribution >= 4 is 28.5 Å². The van der Waals surface area contributed by atoms with Crippen LogP contribution in [-0.4, -0.2) is 41.8 Å². The summed E-state index contributed by atoms with van der Waals surface area (Å²) in [7, 11) is 1.48. The molecular weight excluding hydrogens is 398 g/mol. The van der Waals surface area contributed by atoms with Crippen LogP contribution in [0.25, 0.3) is 0 Å². The van der Waals surface area contributed by atoms with Crippen LogP contribution in [0, 0.1) is 0 Å². The maximum absolute atomic E-state index is 12.9. The van der Waals surface area contributed by atoms with Crippen LogP contribution in [0.15, 0.2) is 30.3 Å². The third-order valence-electron chi connectivity index (χ3n) is 4.67. The fourth-order valence-electron chi connectivity index (χ4n) is 3.28. The van der Waals surface area contributed by atoms with E-state index >= 15 is 0 Å². The van der Waals surface area contributed by atoms with Gasteiger partial charge < -0.3 is 9.84 Å². The molecule has 2 aromatic rings. The number of carbonyl (C=O) groups excluding carboxylic acids is 2. The van der Waals surface area contributed by atoms with E-state index in [4.69, 9.17) is 4.74 Å². The first-order chi connectivity index (χ1) is 12.0. The topological polar surface area (TPSA) is 66.8 Å². The third-order valence-corrected chi connectivity index (χ3v) is 4.67. The predicted molar refractivity (Wildman–Crippen MR) is 105 cm³/mol. The summed E-state index contributed by atoms with van der Waals surface area (Å²) in [6.07, 6.45) is 0. The molecule has 0 bridgehead atoms. The third kappa shape index (κ3) is 3.27. The largest absolute Gasteiger partial charge is 0.507 e. The maximum atomic E-state index is 12.9. The lowest BCUT2D eigenvalue weighted by atomic mass is 9.82. The molecule has 0 aromatic heterocycles. The van der Waals surface area contributed by atoms with Gasteiger partial charge in [-0.25, -0.2) is 0 Å². The van der Waals surface area contributed by atoms with E-state index in [1.165, 1.54) is 13.2 Å². The predicted octanol–water partition coefficient (Wildman–Crippen LogP) is 3.60. The Morgan fingerprint density at radius 3 is 2.31 bits per heavy atom. The van der Waals surface area contributed by atoms with Crippen molar-refractivity contribution in [1.82, 2.24) is 4.90 Å².